The summed E-state index contributed by atoms with van der Waals surface area (Å²) in [6.07, 6.45) is -0.630. The van der Waals surface area contributed by atoms with Crippen molar-refractivity contribution < 1.29 is 55.4 Å². The van der Waals surface area contributed by atoms with Crippen molar-refractivity contribution in [3.63, 3.8) is 0 Å². The molecule has 0 atom stereocenters. The smallest absolute Gasteiger partial charge is 0.475 e. The Hall–Kier alpha value is -4.70. The van der Waals surface area contributed by atoms with Crippen LogP contribution in [0.15, 0.2) is 53.7 Å². The number of hydrogen-bond donors (Lipinski definition) is 3. The van der Waals surface area contributed by atoms with Crippen LogP contribution in [0.3, 0.4) is 0 Å². The second-order valence-corrected chi connectivity index (χ2v) is 7.42. The van der Waals surface area contributed by atoms with Crippen molar-refractivity contribution in [2.45, 2.75) is 31.9 Å². The summed E-state index contributed by atoms with van der Waals surface area (Å²) in [5.74, 6) is -4.70. The highest BCUT2D eigenvalue weighted by molar-refractivity contribution is 5.91. The number of rotatable bonds is 4. The van der Waals surface area contributed by atoms with Crippen LogP contribution in [0, 0.1) is 0 Å². The summed E-state index contributed by atoms with van der Waals surface area (Å²) in [7, 11) is 0. The minimum absolute atomic E-state index is 0.224. The van der Waals surface area contributed by atoms with E-state index in [4.69, 9.17) is 24.2 Å². The summed E-state index contributed by atoms with van der Waals surface area (Å²) in [5.41, 5.74) is 3.41. The van der Waals surface area contributed by atoms with Crippen LogP contribution < -0.4 is 10.2 Å². The molecule has 4 rings (SSSR count). The molecule has 39 heavy (non-hydrogen) atoms. The average Bonchev–Trinajstić information content (AvgIpc) is 3.42. The number of aliphatic carboxylic acids is 2. The summed E-state index contributed by atoms with van der Waals surface area (Å²) in [5, 5.41) is 17.1. The fourth-order valence-corrected chi connectivity index (χ4v) is 3.02. The molecule has 3 aromatic heterocycles. The number of carboxylic acids is 2. The number of aromatic nitrogens is 3. The van der Waals surface area contributed by atoms with Gasteiger partial charge in [0, 0.05) is 44.4 Å². The van der Waals surface area contributed by atoms with Crippen LogP contribution in [-0.4, -0.2) is 61.9 Å². The summed E-state index contributed by atoms with van der Waals surface area (Å²) in [4.78, 5) is 44.9. The fourth-order valence-electron chi connectivity index (χ4n) is 3.02. The second kappa shape index (κ2) is 13.2. The maximum absolute atomic E-state index is 12.0. The molecule has 0 bridgehead atoms. The minimum atomic E-state index is -5.08. The van der Waals surface area contributed by atoms with E-state index in [1.54, 1.807) is 24.5 Å². The van der Waals surface area contributed by atoms with Gasteiger partial charge in [0.2, 0.25) is 5.95 Å². The van der Waals surface area contributed by atoms with Gasteiger partial charge in [-0.05, 0) is 41.3 Å². The third kappa shape index (κ3) is 9.60. The third-order valence-electron chi connectivity index (χ3n) is 4.73. The molecule has 3 aromatic rings. The largest absolute Gasteiger partial charge is 0.490 e. The van der Waals surface area contributed by atoms with E-state index in [0.29, 0.717) is 18.8 Å². The average molecular weight is 563 g/mol. The second-order valence-electron chi connectivity index (χ2n) is 7.42. The molecule has 0 aromatic carbocycles. The van der Waals surface area contributed by atoms with Crippen LogP contribution in [0.1, 0.15) is 27.2 Å². The summed E-state index contributed by atoms with van der Waals surface area (Å²) >= 11 is 0. The van der Waals surface area contributed by atoms with Crippen LogP contribution in [0.25, 0.3) is 0 Å². The highest BCUT2D eigenvalue weighted by Crippen LogP contribution is 2.24. The lowest BCUT2D eigenvalue weighted by Gasteiger charge is -2.29. The first-order valence-electron chi connectivity index (χ1n) is 10.6. The predicted molar refractivity (Wildman–Crippen MR) is 118 cm³/mol. The number of alkyl halides is 6. The van der Waals surface area contributed by atoms with Crippen molar-refractivity contribution in [3.8, 4) is 0 Å². The molecule has 0 radical (unpaired) electrons. The molecule has 1 amide bonds. The standard InChI is InChI=1S/C18H17N5O2.2C2HF3O2/c24-17(16-3-1-8-25-16)22-11-13-9-19-10-14-12-23(7-4-15(13)14)18-20-5-2-6-21-18;2*3-2(4,5)1(6)7/h1-3,5-6,8-10H,4,7,11-12H2,(H,22,24);2*(H,6,7). The Bertz CT molecular complexity index is 1230. The van der Waals surface area contributed by atoms with Crippen LogP contribution >= 0.6 is 0 Å². The maximum Gasteiger partial charge on any atom is 0.490 e. The summed E-state index contributed by atoms with van der Waals surface area (Å²) in [6.45, 7) is 1.98. The zero-order chi connectivity index (χ0) is 29.2. The Kier molecular flexibility index (Phi) is 10.3. The lowest BCUT2D eigenvalue weighted by atomic mass is 9.97. The van der Waals surface area contributed by atoms with Gasteiger partial charge in [0.25, 0.3) is 5.91 Å². The van der Waals surface area contributed by atoms with Crippen molar-refractivity contribution >= 4 is 23.8 Å². The number of nitrogens with one attached hydrogen (secondary N) is 1. The SMILES string of the molecule is O=C(NCc1cncc2c1CCN(c1ncccn1)C2)c1ccco1.O=C(O)C(F)(F)F.O=C(O)C(F)(F)F. The van der Waals surface area contributed by atoms with Gasteiger partial charge >= 0.3 is 24.3 Å². The van der Waals surface area contributed by atoms with E-state index in [2.05, 4.69) is 25.2 Å². The predicted octanol–water partition coefficient (Wildman–Crippen LogP) is 3.22. The Labute approximate surface area is 215 Å². The molecule has 210 valence electrons. The summed E-state index contributed by atoms with van der Waals surface area (Å²) < 4.78 is 68.6. The molecule has 0 fully saturated rings. The van der Waals surface area contributed by atoms with E-state index in [0.717, 1.165) is 30.0 Å². The third-order valence-corrected chi connectivity index (χ3v) is 4.73. The van der Waals surface area contributed by atoms with Gasteiger partial charge in [-0.25, -0.2) is 19.6 Å². The molecule has 0 aliphatic carbocycles. The van der Waals surface area contributed by atoms with Crippen molar-refractivity contribution in [3.05, 3.63) is 71.7 Å². The monoisotopic (exact) mass is 563 g/mol. The molecule has 11 nitrogen and oxygen atoms in total. The number of halogens is 6. The van der Waals surface area contributed by atoms with E-state index >= 15 is 0 Å². The van der Waals surface area contributed by atoms with E-state index in [9.17, 15) is 31.1 Å². The highest BCUT2D eigenvalue weighted by Gasteiger charge is 2.38. The van der Waals surface area contributed by atoms with Gasteiger partial charge in [-0.15, -0.1) is 0 Å². The van der Waals surface area contributed by atoms with Gasteiger partial charge < -0.3 is 24.8 Å². The van der Waals surface area contributed by atoms with Gasteiger partial charge in [0.05, 0.1) is 6.26 Å². The molecule has 17 heteroatoms. The van der Waals surface area contributed by atoms with Crippen LogP contribution in [0.4, 0.5) is 32.3 Å². The van der Waals surface area contributed by atoms with E-state index in [1.807, 2.05) is 18.5 Å². The number of carbonyl (C=O) groups is 3. The molecule has 0 unspecified atom stereocenters. The van der Waals surface area contributed by atoms with E-state index in [-0.39, 0.29) is 5.91 Å². The molecular formula is C22H19F6N5O6. The normalized spacial score (nSPS) is 12.6. The fraction of sp³-hybridized carbons (Fsp3) is 0.273. The molecule has 1 aliphatic heterocycles. The lowest BCUT2D eigenvalue weighted by molar-refractivity contribution is -0.193. The lowest BCUT2D eigenvalue weighted by Crippen LogP contribution is -2.33. The number of pyridine rings is 1. The topological polar surface area (TPSA) is 159 Å². The number of nitrogens with zero attached hydrogens (tertiary/aromatic N) is 4. The van der Waals surface area contributed by atoms with E-state index in [1.165, 1.54) is 11.8 Å². The maximum atomic E-state index is 12.0. The van der Waals surface area contributed by atoms with Crippen molar-refractivity contribution in [1.29, 1.82) is 0 Å². The van der Waals surface area contributed by atoms with Gasteiger partial charge in [-0.2, -0.15) is 26.3 Å². The van der Waals surface area contributed by atoms with Gasteiger partial charge in [-0.3, -0.25) is 9.78 Å². The van der Waals surface area contributed by atoms with Crippen LogP contribution in [0.5, 0.6) is 0 Å². The Morgan fingerprint density at radius 1 is 0.974 bits per heavy atom. The molecule has 4 heterocycles. The van der Waals surface area contributed by atoms with E-state index < -0.39 is 24.3 Å². The number of carbonyl (C=O) groups excluding carboxylic acids is 1. The summed E-state index contributed by atoms with van der Waals surface area (Å²) in [6, 6.07) is 5.15. The molecule has 1 aliphatic rings. The molecule has 3 N–H and O–H groups in total. The Morgan fingerprint density at radius 2 is 1.56 bits per heavy atom. The van der Waals surface area contributed by atoms with Gasteiger partial charge in [0.1, 0.15) is 0 Å². The van der Waals surface area contributed by atoms with Crippen molar-refractivity contribution in [2.24, 2.45) is 0 Å². The Balaban J connectivity index is 0.000000317. The Morgan fingerprint density at radius 3 is 2.08 bits per heavy atom. The number of carboxylic acid groups (broad SMARTS) is 2. The first-order valence-corrected chi connectivity index (χ1v) is 10.6. The number of hydrogen-bond acceptors (Lipinski definition) is 8. The highest BCUT2D eigenvalue weighted by atomic mass is 19.4. The molecule has 0 saturated heterocycles. The molecular weight excluding hydrogens is 544 g/mol. The minimum Gasteiger partial charge on any atom is -0.475 e. The van der Waals surface area contributed by atoms with Gasteiger partial charge in [-0.1, -0.05) is 0 Å². The van der Waals surface area contributed by atoms with Gasteiger partial charge in [0.15, 0.2) is 5.76 Å². The number of anilines is 1. The zero-order valence-electron chi connectivity index (χ0n) is 19.5. The number of furan rings is 1. The van der Waals surface area contributed by atoms with Crippen LogP contribution in [-0.2, 0) is 29.1 Å². The number of fused-ring (bicyclic) bond motifs is 1. The quantitative estimate of drug-likeness (QED) is 0.403. The van der Waals surface area contributed by atoms with Crippen molar-refractivity contribution in [1.82, 2.24) is 20.3 Å². The zero-order valence-corrected chi connectivity index (χ0v) is 19.5. The first-order chi connectivity index (χ1) is 18.2. The van der Waals surface area contributed by atoms with Crippen LogP contribution in [0.2, 0.25) is 0 Å². The van der Waals surface area contributed by atoms with Crippen molar-refractivity contribution in [2.75, 3.05) is 11.4 Å². The number of amides is 1. The first kappa shape index (κ1) is 30.5. The molecule has 0 saturated carbocycles. The molecule has 0 spiro atoms.